The van der Waals surface area contributed by atoms with E-state index < -0.39 is 10.0 Å². The van der Waals surface area contributed by atoms with Crippen molar-refractivity contribution in [2.75, 3.05) is 32.0 Å². The van der Waals surface area contributed by atoms with Crippen LogP contribution >= 0.6 is 0 Å². The van der Waals surface area contributed by atoms with Crippen molar-refractivity contribution in [1.29, 1.82) is 0 Å². The van der Waals surface area contributed by atoms with Gasteiger partial charge in [0, 0.05) is 30.7 Å². The van der Waals surface area contributed by atoms with E-state index >= 15 is 0 Å². The van der Waals surface area contributed by atoms with E-state index in [-0.39, 0.29) is 10.5 Å². The summed E-state index contributed by atoms with van der Waals surface area (Å²) in [6.45, 7) is 7.43. The van der Waals surface area contributed by atoms with E-state index in [0.717, 1.165) is 29.8 Å². The van der Waals surface area contributed by atoms with Crippen LogP contribution in [0, 0.1) is 6.92 Å². The van der Waals surface area contributed by atoms with Crippen molar-refractivity contribution in [2.24, 2.45) is 4.99 Å². The Bertz CT molecular complexity index is 1650. The molecule has 1 aliphatic heterocycles. The fourth-order valence-electron chi connectivity index (χ4n) is 4.52. The molecule has 1 saturated heterocycles. The van der Waals surface area contributed by atoms with Crippen molar-refractivity contribution >= 4 is 27.6 Å². The van der Waals surface area contributed by atoms with Gasteiger partial charge in [-0.1, -0.05) is 50.2 Å². The zero-order valence-corrected chi connectivity index (χ0v) is 24.5. The topological polar surface area (TPSA) is 123 Å². The Morgan fingerprint density at radius 3 is 2.15 bits per heavy atom. The summed E-state index contributed by atoms with van der Waals surface area (Å²) < 4.78 is 33.7. The smallest absolute Gasteiger partial charge is 0.280 e. The summed E-state index contributed by atoms with van der Waals surface area (Å²) in [7, 11) is -3.59. The number of nitrogen functional groups attached to an aromatic ring is 1. The standard InChI is InChI=1S/C23H26N4O4S.C8H11N/c1-3-18-6-4-5-7-22(18)24-16-21-17(2)25-27(23(21)28)19-8-10-20(11-9-19)32(29,30)26-12-14-31-15-13-26;1-2-7-5-3-4-6-8(7)9/h4-11,16,25H,3,12-15H2,1-2H3;3-6H,2,9H2,1H3. The number of aryl methyl sites for hydroxylation is 3. The van der Waals surface area contributed by atoms with Gasteiger partial charge in [0.05, 0.1) is 35.0 Å². The van der Waals surface area contributed by atoms with Crippen LogP contribution in [-0.4, -0.2) is 55.0 Å². The van der Waals surface area contributed by atoms with Crippen LogP contribution in [0.1, 0.15) is 36.2 Å². The van der Waals surface area contributed by atoms with E-state index in [1.165, 1.54) is 26.7 Å². The van der Waals surface area contributed by atoms with Crippen molar-refractivity contribution in [3.8, 4) is 5.69 Å². The van der Waals surface area contributed by atoms with Crippen LogP contribution in [0.4, 0.5) is 11.4 Å². The molecule has 0 radical (unpaired) electrons. The number of sulfonamides is 1. The molecule has 1 fully saturated rings. The fraction of sp³-hybridized carbons (Fsp3) is 0.290. The van der Waals surface area contributed by atoms with Gasteiger partial charge in [-0.25, -0.2) is 13.1 Å². The molecule has 0 atom stereocenters. The van der Waals surface area contributed by atoms with Gasteiger partial charge in [-0.15, -0.1) is 0 Å². The van der Waals surface area contributed by atoms with Gasteiger partial charge < -0.3 is 10.5 Å². The van der Waals surface area contributed by atoms with Crippen molar-refractivity contribution in [1.82, 2.24) is 14.1 Å². The first-order valence-corrected chi connectivity index (χ1v) is 15.2. The van der Waals surface area contributed by atoms with Crippen LogP contribution in [0.15, 0.2) is 87.5 Å². The molecule has 1 aromatic heterocycles. The van der Waals surface area contributed by atoms with Gasteiger partial charge in [0.15, 0.2) is 0 Å². The molecule has 2 heterocycles. The van der Waals surface area contributed by atoms with Crippen molar-refractivity contribution in [3.05, 3.63) is 106 Å². The first kappa shape index (κ1) is 30.0. The molecule has 1 aliphatic rings. The number of H-pyrrole nitrogens is 1. The lowest BCUT2D eigenvalue weighted by atomic mass is 10.1. The summed E-state index contributed by atoms with van der Waals surface area (Å²) in [5.41, 5.74) is 11.1. The molecule has 216 valence electrons. The Morgan fingerprint density at radius 1 is 0.927 bits per heavy atom. The van der Waals surface area contributed by atoms with Gasteiger partial charge >= 0.3 is 0 Å². The van der Waals surface area contributed by atoms with Crippen LogP contribution in [0.3, 0.4) is 0 Å². The second-order valence-corrected chi connectivity index (χ2v) is 11.5. The van der Waals surface area contributed by atoms with Crippen LogP contribution in [0.5, 0.6) is 0 Å². The van der Waals surface area contributed by atoms with E-state index in [4.69, 9.17) is 10.5 Å². The number of hydrogen-bond donors (Lipinski definition) is 2. The zero-order valence-electron chi connectivity index (χ0n) is 23.7. The average Bonchev–Trinajstić information content (AvgIpc) is 3.29. The Kier molecular flexibility index (Phi) is 9.93. The van der Waals surface area contributed by atoms with Gasteiger partial charge in [0.2, 0.25) is 10.0 Å². The third kappa shape index (κ3) is 7.02. The molecular weight excluding hydrogens is 538 g/mol. The van der Waals surface area contributed by atoms with Gasteiger partial charge in [-0.2, -0.15) is 4.31 Å². The molecule has 10 heteroatoms. The summed E-state index contributed by atoms with van der Waals surface area (Å²) in [5.74, 6) is 0. The highest BCUT2D eigenvalue weighted by molar-refractivity contribution is 7.89. The van der Waals surface area contributed by atoms with Gasteiger partial charge in [-0.05, 0) is 67.3 Å². The molecule has 9 nitrogen and oxygen atoms in total. The first-order chi connectivity index (χ1) is 19.8. The Hall–Kier alpha value is -3.99. The maximum Gasteiger partial charge on any atom is 0.280 e. The summed E-state index contributed by atoms with van der Waals surface area (Å²) >= 11 is 0. The average molecular weight is 576 g/mol. The van der Waals surface area contributed by atoms with Gasteiger partial charge in [0.1, 0.15) is 0 Å². The van der Waals surface area contributed by atoms with E-state index in [9.17, 15) is 13.2 Å². The lowest BCUT2D eigenvalue weighted by Crippen LogP contribution is -2.40. The van der Waals surface area contributed by atoms with E-state index in [1.54, 1.807) is 18.3 Å². The summed E-state index contributed by atoms with van der Waals surface area (Å²) in [6, 6.07) is 22.1. The molecule has 0 saturated carbocycles. The Labute approximate surface area is 241 Å². The highest BCUT2D eigenvalue weighted by atomic mass is 32.2. The first-order valence-electron chi connectivity index (χ1n) is 13.7. The monoisotopic (exact) mass is 575 g/mol. The maximum absolute atomic E-state index is 13.0. The van der Waals surface area contributed by atoms with Crippen LogP contribution < -0.4 is 11.3 Å². The molecule has 5 rings (SSSR count). The predicted molar refractivity (Wildman–Crippen MR) is 164 cm³/mol. The molecule has 0 bridgehead atoms. The SMILES string of the molecule is CCc1ccccc1N.CCc1ccccc1N=Cc1c(C)[nH]n(-c2ccc(S(=O)(=O)N3CCOCC3)cc2)c1=O. The molecule has 0 spiro atoms. The quantitative estimate of drug-likeness (QED) is 0.246. The third-order valence-corrected chi connectivity index (χ3v) is 8.87. The molecule has 41 heavy (non-hydrogen) atoms. The van der Waals surface area contributed by atoms with E-state index in [2.05, 4.69) is 30.0 Å². The number of anilines is 1. The summed E-state index contributed by atoms with van der Waals surface area (Å²) in [4.78, 5) is 17.7. The molecule has 4 aromatic rings. The highest BCUT2D eigenvalue weighted by Gasteiger charge is 2.26. The van der Waals surface area contributed by atoms with Crippen molar-refractivity contribution < 1.29 is 13.2 Å². The molecule has 3 N–H and O–H groups in total. The van der Waals surface area contributed by atoms with Crippen LogP contribution in [-0.2, 0) is 27.6 Å². The number of nitrogens with one attached hydrogen (secondary N) is 1. The fourth-order valence-corrected chi connectivity index (χ4v) is 5.93. The van der Waals surface area contributed by atoms with Gasteiger partial charge in [0.25, 0.3) is 5.56 Å². The number of morpholine rings is 1. The number of aromatic amines is 1. The van der Waals surface area contributed by atoms with E-state index in [0.29, 0.717) is 43.2 Å². The third-order valence-electron chi connectivity index (χ3n) is 6.96. The minimum atomic E-state index is -3.59. The molecule has 0 aliphatic carbocycles. The minimum absolute atomic E-state index is 0.192. The predicted octanol–water partition coefficient (Wildman–Crippen LogP) is 4.64. The van der Waals surface area contributed by atoms with Crippen LogP contribution in [0.2, 0.25) is 0 Å². The normalized spacial score (nSPS) is 14.1. The second kappa shape index (κ2) is 13.6. The highest BCUT2D eigenvalue weighted by Crippen LogP contribution is 2.20. The number of hydrogen-bond acceptors (Lipinski definition) is 6. The van der Waals surface area contributed by atoms with Crippen LogP contribution in [0.25, 0.3) is 5.69 Å². The lowest BCUT2D eigenvalue weighted by Gasteiger charge is -2.26. The number of nitrogens with two attached hydrogens (primary N) is 1. The van der Waals surface area contributed by atoms with E-state index in [1.807, 2.05) is 49.4 Å². The lowest BCUT2D eigenvalue weighted by molar-refractivity contribution is 0.0730. The Morgan fingerprint density at radius 2 is 1.54 bits per heavy atom. The minimum Gasteiger partial charge on any atom is -0.399 e. The number of aliphatic imine (C=N–C) groups is 1. The summed E-state index contributed by atoms with van der Waals surface area (Å²) in [6.07, 6.45) is 3.45. The largest absolute Gasteiger partial charge is 0.399 e. The number of aromatic nitrogens is 2. The molecule has 0 unspecified atom stereocenters. The number of para-hydroxylation sites is 2. The number of rotatable bonds is 7. The molecular formula is C31H37N5O4S. The number of nitrogens with zero attached hydrogens (tertiary/aromatic N) is 3. The van der Waals surface area contributed by atoms with Crippen molar-refractivity contribution in [2.45, 2.75) is 38.5 Å². The summed E-state index contributed by atoms with van der Waals surface area (Å²) in [5, 5.41) is 3.05. The number of ether oxygens (including phenoxy) is 1. The van der Waals surface area contributed by atoms with Crippen molar-refractivity contribution in [3.63, 3.8) is 0 Å². The molecule has 3 aromatic carbocycles. The Balaban J connectivity index is 0.000000367. The second-order valence-electron chi connectivity index (χ2n) is 9.59. The maximum atomic E-state index is 13.0. The molecule has 0 amide bonds. The van der Waals surface area contributed by atoms with Gasteiger partial charge in [-0.3, -0.25) is 14.9 Å². The number of benzene rings is 3. The zero-order chi connectivity index (χ0) is 29.4.